The van der Waals surface area contributed by atoms with Crippen LogP contribution >= 0.6 is 0 Å². The van der Waals surface area contributed by atoms with Gasteiger partial charge in [-0.15, -0.1) is 0 Å². The van der Waals surface area contributed by atoms with Crippen molar-refractivity contribution in [3.05, 3.63) is 33.6 Å². The SMILES string of the molecule is Cc1cc(S(N)(=O)=O)c([N+](=O)[O-])cc1F. The maximum atomic E-state index is 13.0. The average molecular weight is 234 g/mol. The molecule has 0 saturated heterocycles. The van der Waals surface area contributed by atoms with Gasteiger partial charge in [0, 0.05) is 0 Å². The van der Waals surface area contributed by atoms with Crippen LogP contribution < -0.4 is 5.14 Å². The zero-order valence-corrected chi connectivity index (χ0v) is 8.41. The van der Waals surface area contributed by atoms with Gasteiger partial charge in [-0.25, -0.2) is 17.9 Å². The Kier molecular flexibility index (Phi) is 2.73. The molecule has 0 unspecified atom stereocenters. The summed E-state index contributed by atoms with van der Waals surface area (Å²) in [6, 6.07) is 1.37. The molecular formula is C7H7FN2O4S. The zero-order valence-electron chi connectivity index (χ0n) is 7.60. The van der Waals surface area contributed by atoms with Crippen LogP contribution in [0.4, 0.5) is 10.1 Å². The number of halogens is 1. The standard InChI is InChI=1S/C7H7FN2O4S/c1-4-2-7(15(9,13)14)6(10(11)12)3-5(4)8/h2-3H,1H3,(H2,9,13,14). The van der Waals surface area contributed by atoms with E-state index in [1.165, 1.54) is 6.92 Å². The van der Waals surface area contributed by atoms with Gasteiger partial charge in [0.15, 0.2) is 4.90 Å². The molecule has 0 atom stereocenters. The van der Waals surface area contributed by atoms with Gasteiger partial charge in [-0.2, -0.15) is 0 Å². The number of primary sulfonamides is 1. The summed E-state index contributed by atoms with van der Waals surface area (Å²) in [5.41, 5.74) is -0.884. The Bertz CT molecular complexity index is 526. The molecule has 0 aromatic heterocycles. The van der Waals surface area contributed by atoms with E-state index in [-0.39, 0.29) is 5.56 Å². The van der Waals surface area contributed by atoms with Crippen molar-refractivity contribution >= 4 is 15.7 Å². The third-order valence-electron chi connectivity index (χ3n) is 1.74. The third-order valence-corrected chi connectivity index (χ3v) is 2.68. The first-order valence-electron chi connectivity index (χ1n) is 3.71. The fraction of sp³-hybridized carbons (Fsp3) is 0.143. The van der Waals surface area contributed by atoms with Crippen molar-refractivity contribution in [2.24, 2.45) is 5.14 Å². The summed E-state index contributed by atoms with van der Waals surface area (Å²) in [4.78, 5) is 8.76. The molecule has 0 aliphatic carbocycles. The van der Waals surface area contributed by atoms with E-state index in [9.17, 15) is 22.9 Å². The fourth-order valence-electron chi connectivity index (χ4n) is 1.02. The minimum absolute atomic E-state index is 0.0235. The van der Waals surface area contributed by atoms with Gasteiger partial charge in [-0.1, -0.05) is 0 Å². The highest BCUT2D eigenvalue weighted by atomic mass is 32.2. The van der Waals surface area contributed by atoms with Gasteiger partial charge in [0.05, 0.1) is 11.0 Å². The van der Waals surface area contributed by atoms with E-state index in [0.717, 1.165) is 6.07 Å². The fourth-order valence-corrected chi connectivity index (χ4v) is 1.78. The van der Waals surface area contributed by atoms with E-state index >= 15 is 0 Å². The minimum atomic E-state index is -4.23. The van der Waals surface area contributed by atoms with E-state index in [4.69, 9.17) is 5.14 Å². The predicted molar refractivity (Wildman–Crippen MR) is 49.2 cm³/mol. The predicted octanol–water partition coefficient (Wildman–Crippen LogP) is 0.690. The number of nitro benzene ring substituents is 1. The lowest BCUT2D eigenvalue weighted by Crippen LogP contribution is -2.14. The van der Waals surface area contributed by atoms with Gasteiger partial charge < -0.3 is 0 Å². The molecule has 0 bridgehead atoms. The van der Waals surface area contributed by atoms with Crippen LogP contribution in [0, 0.1) is 22.9 Å². The van der Waals surface area contributed by atoms with Gasteiger partial charge in [-0.3, -0.25) is 10.1 Å². The highest BCUT2D eigenvalue weighted by Crippen LogP contribution is 2.25. The topological polar surface area (TPSA) is 103 Å². The monoisotopic (exact) mass is 234 g/mol. The van der Waals surface area contributed by atoms with Crippen LogP contribution in [0.15, 0.2) is 17.0 Å². The summed E-state index contributed by atoms with van der Waals surface area (Å²) in [6.45, 7) is 1.29. The van der Waals surface area contributed by atoms with Crippen LogP contribution in [0.25, 0.3) is 0 Å². The molecule has 0 saturated carbocycles. The Labute approximate surface area is 84.7 Å². The number of rotatable bonds is 2. The summed E-state index contributed by atoms with van der Waals surface area (Å²) in [5.74, 6) is -0.853. The molecule has 82 valence electrons. The van der Waals surface area contributed by atoms with Crippen LogP contribution in [-0.4, -0.2) is 13.3 Å². The number of nitro groups is 1. The quantitative estimate of drug-likeness (QED) is 0.600. The first-order valence-corrected chi connectivity index (χ1v) is 5.25. The number of hydrogen-bond acceptors (Lipinski definition) is 4. The summed E-state index contributed by atoms with van der Waals surface area (Å²) in [5, 5.41) is 15.2. The number of sulfonamides is 1. The van der Waals surface area contributed by atoms with Crippen molar-refractivity contribution in [3.63, 3.8) is 0 Å². The second kappa shape index (κ2) is 3.55. The van der Waals surface area contributed by atoms with Gasteiger partial charge >= 0.3 is 0 Å². The van der Waals surface area contributed by atoms with E-state index < -0.39 is 31.3 Å². The summed E-state index contributed by atoms with van der Waals surface area (Å²) in [7, 11) is -4.23. The van der Waals surface area contributed by atoms with Crippen molar-refractivity contribution in [1.82, 2.24) is 0 Å². The molecule has 0 radical (unpaired) electrons. The van der Waals surface area contributed by atoms with Crippen LogP contribution in [0.1, 0.15) is 5.56 Å². The number of nitrogens with two attached hydrogens (primary N) is 1. The molecule has 1 aromatic carbocycles. The number of nitrogens with zero attached hydrogens (tertiary/aromatic N) is 1. The average Bonchev–Trinajstić information content (AvgIpc) is 2.06. The molecule has 1 rings (SSSR count). The molecule has 0 amide bonds. The van der Waals surface area contributed by atoms with E-state index in [0.29, 0.717) is 6.07 Å². The number of benzene rings is 1. The summed E-state index contributed by atoms with van der Waals surface area (Å²) >= 11 is 0. The largest absolute Gasteiger partial charge is 0.292 e. The van der Waals surface area contributed by atoms with Crippen LogP contribution in [0.5, 0.6) is 0 Å². The smallest absolute Gasteiger partial charge is 0.258 e. The Morgan fingerprint density at radius 3 is 2.40 bits per heavy atom. The zero-order chi connectivity index (χ0) is 11.8. The maximum Gasteiger partial charge on any atom is 0.292 e. The molecule has 1 aromatic rings. The molecule has 0 aliphatic heterocycles. The molecule has 6 nitrogen and oxygen atoms in total. The second-order valence-corrected chi connectivity index (χ2v) is 4.40. The molecule has 0 heterocycles. The normalized spacial score (nSPS) is 11.4. The van der Waals surface area contributed by atoms with Crippen molar-refractivity contribution in [2.75, 3.05) is 0 Å². The van der Waals surface area contributed by atoms with Crippen LogP contribution in [0.3, 0.4) is 0 Å². The highest BCUT2D eigenvalue weighted by Gasteiger charge is 2.24. The van der Waals surface area contributed by atoms with E-state index in [1.54, 1.807) is 0 Å². The second-order valence-electron chi connectivity index (χ2n) is 2.87. The Balaban J connectivity index is 3.64. The van der Waals surface area contributed by atoms with Crippen LogP contribution in [-0.2, 0) is 10.0 Å². The molecule has 0 spiro atoms. The van der Waals surface area contributed by atoms with Crippen molar-refractivity contribution in [3.8, 4) is 0 Å². The third kappa shape index (κ3) is 2.28. The molecule has 15 heavy (non-hydrogen) atoms. The lowest BCUT2D eigenvalue weighted by Gasteiger charge is -2.02. The van der Waals surface area contributed by atoms with Gasteiger partial charge in [0.2, 0.25) is 10.0 Å². The van der Waals surface area contributed by atoms with Crippen LogP contribution in [0.2, 0.25) is 0 Å². The van der Waals surface area contributed by atoms with Crippen molar-refractivity contribution < 1.29 is 17.7 Å². The van der Waals surface area contributed by atoms with Gasteiger partial charge in [-0.05, 0) is 18.6 Å². The first-order chi connectivity index (χ1) is 6.73. The Hall–Kier alpha value is -1.54. The molecule has 0 fully saturated rings. The van der Waals surface area contributed by atoms with Gasteiger partial charge in [0.25, 0.3) is 5.69 Å². The lowest BCUT2D eigenvalue weighted by atomic mass is 10.2. The number of aryl methyl sites for hydroxylation is 1. The van der Waals surface area contributed by atoms with Crippen molar-refractivity contribution in [2.45, 2.75) is 11.8 Å². The molecular weight excluding hydrogens is 227 g/mol. The van der Waals surface area contributed by atoms with Gasteiger partial charge in [0.1, 0.15) is 5.82 Å². The highest BCUT2D eigenvalue weighted by molar-refractivity contribution is 7.89. The lowest BCUT2D eigenvalue weighted by molar-refractivity contribution is -0.388. The Morgan fingerprint density at radius 1 is 1.47 bits per heavy atom. The maximum absolute atomic E-state index is 13.0. The van der Waals surface area contributed by atoms with E-state index in [2.05, 4.69) is 0 Å². The summed E-state index contributed by atoms with van der Waals surface area (Å²) < 4.78 is 34.9. The molecule has 8 heteroatoms. The van der Waals surface area contributed by atoms with Crippen molar-refractivity contribution in [1.29, 1.82) is 0 Å². The Morgan fingerprint density at radius 2 is 2.00 bits per heavy atom. The minimum Gasteiger partial charge on any atom is -0.258 e. The summed E-state index contributed by atoms with van der Waals surface area (Å²) in [6.07, 6.45) is 0. The first kappa shape index (κ1) is 11.5. The molecule has 2 N–H and O–H groups in total. The van der Waals surface area contributed by atoms with E-state index in [1.807, 2.05) is 0 Å². The molecule has 0 aliphatic rings. The number of hydrogen-bond donors (Lipinski definition) is 1.